The summed E-state index contributed by atoms with van der Waals surface area (Å²) >= 11 is 0. The van der Waals surface area contributed by atoms with Gasteiger partial charge in [-0.25, -0.2) is 8.42 Å². The van der Waals surface area contributed by atoms with Crippen LogP contribution < -0.4 is 5.32 Å². The van der Waals surface area contributed by atoms with Gasteiger partial charge in [0.1, 0.15) is 0 Å². The minimum atomic E-state index is -3.02. The van der Waals surface area contributed by atoms with Crippen LogP contribution in [-0.4, -0.2) is 44.2 Å². The molecule has 21 heavy (non-hydrogen) atoms. The third-order valence-corrected chi connectivity index (χ3v) is 5.82. The van der Waals surface area contributed by atoms with Crippen LogP contribution in [0, 0.1) is 0 Å². The molecule has 114 valence electrons. The number of sulfone groups is 1. The molecule has 1 aromatic carbocycles. The molecule has 0 spiro atoms. The molecule has 4 nitrogen and oxygen atoms in total. The maximum absolute atomic E-state index is 11.7. The van der Waals surface area contributed by atoms with Gasteiger partial charge in [0.05, 0.1) is 5.75 Å². The summed E-state index contributed by atoms with van der Waals surface area (Å²) in [6.07, 6.45) is 2.91. The van der Waals surface area contributed by atoms with Crippen molar-refractivity contribution in [2.24, 2.45) is 0 Å². The molecule has 2 heterocycles. The summed E-state index contributed by atoms with van der Waals surface area (Å²) in [5.74, 6) is 0.215. The van der Waals surface area contributed by atoms with Crippen LogP contribution in [0.4, 0.5) is 0 Å². The number of benzene rings is 1. The first-order valence-electron chi connectivity index (χ1n) is 7.54. The first-order chi connectivity index (χ1) is 10.1. The number of hydrogen-bond donors (Lipinski definition) is 1. The molecule has 0 radical (unpaired) electrons. The lowest BCUT2D eigenvalue weighted by atomic mass is 9.98. The van der Waals surface area contributed by atoms with Crippen molar-refractivity contribution in [1.82, 2.24) is 10.2 Å². The van der Waals surface area contributed by atoms with E-state index in [1.165, 1.54) is 11.0 Å². The van der Waals surface area contributed by atoms with Gasteiger partial charge in [-0.2, -0.15) is 0 Å². The second-order valence-corrected chi connectivity index (χ2v) is 7.79. The maximum atomic E-state index is 11.7. The smallest absolute Gasteiger partial charge is 0.173 e. The van der Waals surface area contributed by atoms with Crippen LogP contribution in [0.2, 0.25) is 0 Å². The van der Waals surface area contributed by atoms with Gasteiger partial charge in [0.15, 0.2) is 9.84 Å². The fraction of sp³-hybridized carbons (Fsp3) is 0.500. The SMILES string of the molecule is CCC1CN(C2C=CS(=O)(=O)C2)C(c2ccccc2)CN1. The van der Waals surface area contributed by atoms with Crippen molar-refractivity contribution in [1.29, 1.82) is 0 Å². The minimum Gasteiger partial charge on any atom is -0.311 e. The van der Waals surface area contributed by atoms with E-state index >= 15 is 0 Å². The quantitative estimate of drug-likeness (QED) is 0.924. The Morgan fingerprint density at radius 2 is 2.05 bits per heavy atom. The highest BCUT2D eigenvalue weighted by atomic mass is 32.2. The normalized spacial score (nSPS) is 32.3. The van der Waals surface area contributed by atoms with Crippen LogP contribution in [-0.2, 0) is 9.84 Å². The molecule has 0 bridgehead atoms. The molecular formula is C16H22N2O2S. The Hall–Kier alpha value is -1.17. The van der Waals surface area contributed by atoms with E-state index in [1.54, 1.807) is 0 Å². The van der Waals surface area contributed by atoms with Crippen LogP contribution in [0.3, 0.4) is 0 Å². The average Bonchev–Trinajstić information content (AvgIpc) is 2.87. The Bertz CT molecular complexity index is 612. The Morgan fingerprint density at radius 1 is 1.29 bits per heavy atom. The monoisotopic (exact) mass is 306 g/mol. The molecule has 1 N–H and O–H groups in total. The Morgan fingerprint density at radius 3 is 2.67 bits per heavy atom. The lowest BCUT2D eigenvalue weighted by Crippen LogP contribution is -2.55. The zero-order valence-corrected chi connectivity index (χ0v) is 13.1. The van der Waals surface area contributed by atoms with E-state index in [2.05, 4.69) is 29.3 Å². The Balaban J connectivity index is 1.86. The highest BCUT2D eigenvalue weighted by molar-refractivity contribution is 7.94. The molecule has 3 unspecified atom stereocenters. The fourth-order valence-electron chi connectivity index (χ4n) is 3.23. The molecule has 1 aromatic rings. The Labute approximate surface area is 126 Å². The van der Waals surface area contributed by atoms with Crippen LogP contribution in [0.25, 0.3) is 0 Å². The summed E-state index contributed by atoms with van der Waals surface area (Å²) in [7, 11) is -3.02. The van der Waals surface area contributed by atoms with Crippen molar-refractivity contribution in [3.63, 3.8) is 0 Å². The molecule has 1 fully saturated rings. The molecule has 3 atom stereocenters. The van der Waals surface area contributed by atoms with Crippen molar-refractivity contribution in [2.45, 2.75) is 31.5 Å². The zero-order chi connectivity index (χ0) is 14.9. The van der Waals surface area contributed by atoms with Crippen molar-refractivity contribution in [3.8, 4) is 0 Å². The molecule has 0 saturated carbocycles. The molecule has 2 aliphatic rings. The van der Waals surface area contributed by atoms with Gasteiger partial charge in [-0.15, -0.1) is 0 Å². The molecule has 5 heteroatoms. The summed E-state index contributed by atoms with van der Waals surface area (Å²) in [6, 6.07) is 11.0. The molecular weight excluding hydrogens is 284 g/mol. The van der Waals surface area contributed by atoms with Crippen molar-refractivity contribution in [3.05, 3.63) is 47.4 Å². The predicted molar refractivity (Wildman–Crippen MR) is 84.7 cm³/mol. The largest absolute Gasteiger partial charge is 0.311 e. The van der Waals surface area contributed by atoms with E-state index in [4.69, 9.17) is 0 Å². The van der Waals surface area contributed by atoms with Gasteiger partial charge < -0.3 is 5.32 Å². The molecule has 3 rings (SSSR count). The second-order valence-electron chi connectivity index (χ2n) is 5.86. The minimum absolute atomic E-state index is 0.00337. The number of piperazine rings is 1. The maximum Gasteiger partial charge on any atom is 0.173 e. The van der Waals surface area contributed by atoms with Gasteiger partial charge in [-0.1, -0.05) is 43.3 Å². The highest BCUT2D eigenvalue weighted by Gasteiger charge is 2.36. The van der Waals surface area contributed by atoms with E-state index < -0.39 is 9.84 Å². The van der Waals surface area contributed by atoms with E-state index in [1.807, 2.05) is 24.3 Å². The van der Waals surface area contributed by atoms with E-state index in [-0.39, 0.29) is 17.8 Å². The van der Waals surface area contributed by atoms with Crippen molar-refractivity contribution >= 4 is 9.84 Å². The van der Waals surface area contributed by atoms with Gasteiger partial charge in [0.2, 0.25) is 0 Å². The number of rotatable bonds is 3. The third-order valence-electron chi connectivity index (χ3n) is 4.45. The van der Waals surface area contributed by atoms with Crippen LogP contribution >= 0.6 is 0 Å². The number of hydrogen-bond acceptors (Lipinski definition) is 4. The van der Waals surface area contributed by atoms with Gasteiger partial charge in [0, 0.05) is 36.6 Å². The van der Waals surface area contributed by atoms with E-state index in [0.29, 0.717) is 6.04 Å². The predicted octanol–water partition coefficient (Wildman–Crippen LogP) is 1.72. The summed E-state index contributed by atoms with van der Waals surface area (Å²) in [5, 5.41) is 4.95. The van der Waals surface area contributed by atoms with Gasteiger partial charge >= 0.3 is 0 Å². The average molecular weight is 306 g/mol. The first kappa shape index (κ1) is 14.8. The van der Waals surface area contributed by atoms with Crippen LogP contribution in [0.1, 0.15) is 24.9 Å². The third kappa shape index (κ3) is 3.20. The van der Waals surface area contributed by atoms with Gasteiger partial charge in [0.25, 0.3) is 0 Å². The number of nitrogens with one attached hydrogen (secondary N) is 1. The van der Waals surface area contributed by atoms with Crippen molar-refractivity contribution in [2.75, 3.05) is 18.8 Å². The van der Waals surface area contributed by atoms with E-state index in [9.17, 15) is 8.42 Å². The summed E-state index contributed by atoms with van der Waals surface area (Å²) in [6.45, 7) is 3.92. The molecule has 0 aliphatic carbocycles. The highest BCUT2D eigenvalue weighted by Crippen LogP contribution is 2.29. The fourth-order valence-corrected chi connectivity index (χ4v) is 4.54. The lowest BCUT2D eigenvalue weighted by molar-refractivity contribution is 0.109. The summed E-state index contributed by atoms with van der Waals surface area (Å²) < 4.78 is 23.5. The standard InChI is InChI=1S/C16H22N2O2S/c1-2-14-11-18(15-8-9-21(19,20)12-15)16(10-17-14)13-6-4-3-5-7-13/h3-9,14-17H,2,10-12H2,1H3. The first-order valence-corrected chi connectivity index (χ1v) is 9.25. The van der Waals surface area contributed by atoms with Crippen LogP contribution in [0.15, 0.2) is 41.8 Å². The Kier molecular flexibility index (Phi) is 4.15. The topological polar surface area (TPSA) is 49.4 Å². The second kappa shape index (κ2) is 5.91. The molecule has 0 amide bonds. The molecule has 1 saturated heterocycles. The summed E-state index contributed by atoms with van der Waals surface area (Å²) in [5.41, 5.74) is 1.25. The number of nitrogens with zero attached hydrogens (tertiary/aromatic N) is 1. The molecule has 0 aromatic heterocycles. The molecule has 2 aliphatic heterocycles. The summed E-state index contributed by atoms with van der Waals surface area (Å²) in [4.78, 5) is 2.35. The van der Waals surface area contributed by atoms with Crippen molar-refractivity contribution < 1.29 is 8.42 Å². The zero-order valence-electron chi connectivity index (χ0n) is 12.3. The van der Waals surface area contributed by atoms with Gasteiger partial charge in [-0.3, -0.25) is 4.90 Å². The lowest BCUT2D eigenvalue weighted by Gasteiger charge is -2.43. The van der Waals surface area contributed by atoms with E-state index in [0.717, 1.165) is 19.5 Å². The van der Waals surface area contributed by atoms with Gasteiger partial charge in [-0.05, 0) is 12.0 Å². The van der Waals surface area contributed by atoms with Crippen LogP contribution in [0.5, 0.6) is 0 Å².